The van der Waals surface area contributed by atoms with Gasteiger partial charge >= 0.3 is 5.97 Å². The fourth-order valence-corrected chi connectivity index (χ4v) is 2.75. The molecule has 0 radical (unpaired) electrons. The fraction of sp³-hybridized carbons (Fsp3) is 0.222. The largest absolute Gasteiger partial charge is 0.464 e. The zero-order valence-corrected chi connectivity index (χ0v) is 13.8. The number of benzene rings is 1. The van der Waals surface area contributed by atoms with E-state index in [2.05, 4.69) is 4.98 Å². The first-order chi connectivity index (χ1) is 12.0. The minimum Gasteiger partial charge on any atom is -0.464 e. The van der Waals surface area contributed by atoms with Crippen molar-refractivity contribution in [2.45, 2.75) is 13.2 Å². The van der Waals surface area contributed by atoms with E-state index >= 15 is 0 Å². The summed E-state index contributed by atoms with van der Waals surface area (Å²) >= 11 is 0. The Balaban J connectivity index is 2.06. The molecule has 0 unspecified atom stereocenters. The van der Waals surface area contributed by atoms with Gasteiger partial charge in [-0.05, 0) is 12.1 Å². The summed E-state index contributed by atoms with van der Waals surface area (Å²) in [6.45, 7) is 0.394. The van der Waals surface area contributed by atoms with Gasteiger partial charge in [-0.15, -0.1) is 0 Å². The van der Waals surface area contributed by atoms with Crippen LogP contribution < -0.4 is 0 Å². The number of esters is 1. The second-order valence-corrected chi connectivity index (χ2v) is 5.49. The Morgan fingerprint density at radius 2 is 2.04 bits per heavy atom. The van der Waals surface area contributed by atoms with E-state index in [0.29, 0.717) is 16.6 Å². The lowest BCUT2D eigenvalue weighted by atomic mass is 10.1. The highest BCUT2D eigenvalue weighted by Gasteiger charge is 2.18. The van der Waals surface area contributed by atoms with Crippen LogP contribution in [-0.4, -0.2) is 29.7 Å². The Kier molecular flexibility index (Phi) is 4.76. The number of nitrogens with zero attached hydrogens (tertiary/aromatic N) is 2. The smallest absolute Gasteiger partial charge is 0.357 e. The van der Waals surface area contributed by atoms with Crippen LogP contribution in [0.5, 0.6) is 0 Å². The quantitative estimate of drug-likeness (QED) is 0.665. The number of carbonyl (C=O) groups is 1. The molecule has 1 aromatic carbocycles. The van der Waals surface area contributed by atoms with Gasteiger partial charge in [-0.2, -0.15) is 0 Å². The number of methoxy groups -OCH3 is 2. The number of aromatic nitrogens is 2. The average molecular weight is 346 g/mol. The molecule has 0 fully saturated rings. The molecule has 5 nitrogen and oxygen atoms in total. The zero-order chi connectivity index (χ0) is 18.0. The van der Waals surface area contributed by atoms with Gasteiger partial charge in [0.1, 0.15) is 11.6 Å². The van der Waals surface area contributed by atoms with E-state index in [9.17, 15) is 13.6 Å². The lowest BCUT2D eigenvalue weighted by Gasteiger charge is -2.10. The van der Waals surface area contributed by atoms with Crippen molar-refractivity contribution < 1.29 is 23.0 Å². The molecule has 0 N–H and O–H groups in total. The molecule has 25 heavy (non-hydrogen) atoms. The van der Waals surface area contributed by atoms with E-state index in [-0.39, 0.29) is 18.8 Å². The summed E-state index contributed by atoms with van der Waals surface area (Å²) < 4.78 is 38.7. The van der Waals surface area contributed by atoms with Crippen LogP contribution in [0, 0.1) is 11.6 Å². The maximum atomic E-state index is 13.9. The number of hydrogen-bond donors (Lipinski definition) is 0. The van der Waals surface area contributed by atoms with Gasteiger partial charge in [0, 0.05) is 35.9 Å². The summed E-state index contributed by atoms with van der Waals surface area (Å²) in [4.78, 5) is 16.1. The summed E-state index contributed by atoms with van der Waals surface area (Å²) in [7, 11) is 2.80. The van der Waals surface area contributed by atoms with Crippen LogP contribution in [0.2, 0.25) is 0 Å². The molecule has 0 aliphatic rings. The maximum absolute atomic E-state index is 13.9. The van der Waals surface area contributed by atoms with Gasteiger partial charge in [-0.1, -0.05) is 6.07 Å². The summed E-state index contributed by atoms with van der Waals surface area (Å²) in [5, 5.41) is 0.764. The first kappa shape index (κ1) is 17.0. The van der Waals surface area contributed by atoms with E-state index < -0.39 is 17.6 Å². The van der Waals surface area contributed by atoms with Crippen LogP contribution in [0.15, 0.2) is 36.7 Å². The lowest BCUT2D eigenvalue weighted by Crippen LogP contribution is -2.10. The minimum absolute atomic E-state index is 0.183. The van der Waals surface area contributed by atoms with Gasteiger partial charge in [0.05, 0.1) is 32.0 Å². The molecule has 3 aromatic rings. The van der Waals surface area contributed by atoms with E-state index in [1.165, 1.54) is 32.5 Å². The standard InChI is InChI=1S/C18H16F2N2O3/c1-24-10-14-13-5-6-22(9-11-3-4-12(19)7-15(11)20)16(13)8-21-17(14)18(23)25-2/h3-8H,9-10H2,1-2H3. The lowest BCUT2D eigenvalue weighted by molar-refractivity contribution is 0.0589. The second kappa shape index (κ2) is 6.98. The summed E-state index contributed by atoms with van der Waals surface area (Å²) in [6.07, 6.45) is 3.29. The number of pyridine rings is 1. The van der Waals surface area contributed by atoms with Gasteiger partial charge in [0.25, 0.3) is 0 Å². The molecule has 3 rings (SSSR count). The van der Waals surface area contributed by atoms with Crippen LogP contribution in [0.3, 0.4) is 0 Å². The molecule has 2 heterocycles. The van der Waals surface area contributed by atoms with Crippen LogP contribution in [0.25, 0.3) is 10.9 Å². The normalized spacial score (nSPS) is 11.0. The van der Waals surface area contributed by atoms with Crippen molar-refractivity contribution in [1.82, 2.24) is 9.55 Å². The van der Waals surface area contributed by atoms with Crippen molar-refractivity contribution in [2.75, 3.05) is 14.2 Å². The van der Waals surface area contributed by atoms with Gasteiger partial charge in [-0.25, -0.2) is 18.6 Å². The highest BCUT2D eigenvalue weighted by atomic mass is 19.1. The van der Waals surface area contributed by atoms with Crippen molar-refractivity contribution in [3.63, 3.8) is 0 Å². The highest BCUT2D eigenvalue weighted by Crippen LogP contribution is 2.25. The van der Waals surface area contributed by atoms with Gasteiger partial charge < -0.3 is 14.0 Å². The molecule has 0 bridgehead atoms. The van der Waals surface area contributed by atoms with Crippen LogP contribution in [0.4, 0.5) is 8.78 Å². The predicted molar refractivity (Wildman–Crippen MR) is 87.2 cm³/mol. The van der Waals surface area contributed by atoms with E-state index in [1.807, 2.05) is 0 Å². The monoisotopic (exact) mass is 346 g/mol. The summed E-state index contributed by atoms with van der Waals surface area (Å²) in [6, 6.07) is 5.28. The third-order valence-corrected chi connectivity index (χ3v) is 3.96. The van der Waals surface area contributed by atoms with Crippen molar-refractivity contribution in [2.24, 2.45) is 0 Å². The second-order valence-electron chi connectivity index (χ2n) is 5.49. The molecule has 0 saturated carbocycles. The first-order valence-electron chi connectivity index (χ1n) is 7.53. The van der Waals surface area contributed by atoms with E-state index in [1.54, 1.807) is 16.8 Å². The van der Waals surface area contributed by atoms with Crippen LogP contribution in [0.1, 0.15) is 21.6 Å². The molecular weight excluding hydrogens is 330 g/mol. The van der Waals surface area contributed by atoms with Gasteiger partial charge in [0.15, 0.2) is 5.69 Å². The first-order valence-corrected chi connectivity index (χ1v) is 7.53. The van der Waals surface area contributed by atoms with Crippen molar-refractivity contribution in [3.8, 4) is 0 Å². The molecule has 130 valence electrons. The summed E-state index contributed by atoms with van der Waals surface area (Å²) in [5.74, 6) is -1.78. The highest BCUT2D eigenvalue weighted by molar-refractivity contribution is 5.95. The number of rotatable bonds is 5. The molecule has 0 saturated heterocycles. The van der Waals surface area contributed by atoms with E-state index in [0.717, 1.165) is 11.5 Å². The topological polar surface area (TPSA) is 53.4 Å². The Bertz CT molecular complexity index is 937. The Labute approximate surface area is 142 Å². The molecule has 0 amide bonds. The van der Waals surface area contributed by atoms with Crippen molar-refractivity contribution in [1.29, 1.82) is 0 Å². The zero-order valence-electron chi connectivity index (χ0n) is 13.8. The fourth-order valence-electron chi connectivity index (χ4n) is 2.75. The molecule has 0 aliphatic carbocycles. The third kappa shape index (κ3) is 3.23. The number of fused-ring (bicyclic) bond motifs is 1. The predicted octanol–water partition coefficient (Wildman–Crippen LogP) is 3.30. The van der Waals surface area contributed by atoms with Crippen molar-refractivity contribution in [3.05, 3.63) is 65.1 Å². The number of ether oxygens (including phenoxy) is 2. The molecule has 0 aliphatic heterocycles. The Morgan fingerprint density at radius 3 is 2.72 bits per heavy atom. The molecular formula is C18H16F2N2O3. The molecule has 2 aromatic heterocycles. The summed E-state index contributed by atoms with van der Waals surface area (Å²) in [5.41, 5.74) is 1.85. The molecule has 0 spiro atoms. The number of hydrogen-bond acceptors (Lipinski definition) is 4. The van der Waals surface area contributed by atoms with Crippen LogP contribution in [-0.2, 0) is 22.6 Å². The third-order valence-electron chi connectivity index (χ3n) is 3.96. The number of carbonyl (C=O) groups excluding carboxylic acids is 1. The maximum Gasteiger partial charge on any atom is 0.357 e. The number of halogens is 2. The van der Waals surface area contributed by atoms with Gasteiger partial charge in [0.2, 0.25) is 0 Å². The Hall–Kier alpha value is -2.80. The SMILES string of the molecule is COCc1c(C(=O)OC)ncc2c1ccn2Cc1ccc(F)cc1F. The van der Waals surface area contributed by atoms with E-state index in [4.69, 9.17) is 9.47 Å². The minimum atomic E-state index is -0.620. The van der Waals surface area contributed by atoms with Crippen molar-refractivity contribution >= 4 is 16.9 Å². The molecule has 7 heteroatoms. The van der Waals surface area contributed by atoms with Crippen LogP contribution >= 0.6 is 0 Å². The van der Waals surface area contributed by atoms with Gasteiger partial charge in [-0.3, -0.25) is 0 Å². The molecule has 0 atom stereocenters. The average Bonchev–Trinajstić information content (AvgIpc) is 3.00. The Morgan fingerprint density at radius 1 is 1.24 bits per heavy atom.